The van der Waals surface area contributed by atoms with Gasteiger partial charge in [-0.2, -0.15) is 13.2 Å². The van der Waals surface area contributed by atoms with Crippen LogP contribution in [0.5, 0.6) is 0 Å². The number of fused-ring (bicyclic) bond motifs is 2. The second-order valence-electron chi connectivity index (χ2n) is 7.56. The van der Waals surface area contributed by atoms with E-state index in [1.165, 1.54) is 12.3 Å². The molecule has 2 aliphatic heterocycles. The number of anilines is 1. The summed E-state index contributed by atoms with van der Waals surface area (Å²) in [5.74, 6) is 0.665. The fourth-order valence-electron chi connectivity index (χ4n) is 4.28. The number of quaternary nitrogens is 1. The summed E-state index contributed by atoms with van der Waals surface area (Å²) in [6.45, 7) is 0.829. The van der Waals surface area contributed by atoms with E-state index in [4.69, 9.17) is 5.41 Å². The first-order valence-corrected chi connectivity index (χ1v) is 9.95. The fourth-order valence-corrected chi connectivity index (χ4v) is 4.28. The van der Waals surface area contributed by atoms with E-state index < -0.39 is 11.7 Å². The zero-order valence-corrected chi connectivity index (χ0v) is 16.6. The molecule has 4 heterocycles. The van der Waals surface area contributed by atoms with Gasteiger partial charge in [0.1, 0.15) is 17.6 Å². The summed E-state index contributed by atoms with van der Waals surface area (Å²) in [7, 11) is 0. The van der Waals surface area contributed by atoms with Gasteiger partial charge in [-0.15, -0.1) is 0 Å². The van der Waals surface area contributed by atoms with Crippen molar-refractivity contribution < 1.29 is 23.3 Å². The lowest BCUT2D eigenvalue weighted by molar-refractivity contribution is -0.500. The smallest absolute Gasteiger partial charge is 0.347 e. The minimum absolute atomic E-state index is 0.0828. The van der Waals surface area contributed by atoms with Crippen molar-refractivity contribution in [1.29, 1.82) is 5.41 Å². The summed E-state index contributed by atoms with van der Waals surface area (Å²) in [5, 5.41) is 8.73. The maximum Gasteiger partial charge on any atom is 0.416 e. The molecule has 0 aromatic carbocycles. The van der Waals surface area contributed by atoms with E-state index in [9.17, 15) is 18.0 Å². The standard InChI is InChI=1S/C21H21F3N6O/c22-21(23,24)14-6-10-26-18(11-14)30-15-4-5-16(30)13-29(12-15)20(31)17-3-1-8-27-19(17)28-9-2-7-25/h1-3,6-11,15-16,25H,4-5,12-13H2,(H,27,28)/p+1. The number of halogens is 3. The number of pyridine rings is 2. The zero-order chi connectivity index (χ0) is 22.0. The maximum absolute atomic E-state index is 13.2. The van der Waals surface area contributed by atoms with E-state index in [2.05, 4.69) is 9.97 Å². The van der Waals surface area contributed by atoms with Crippen LogP contribution in [0.3, 0.4) is 0 Å². The van der Waals surface area contributed by atoms with Gasteiger partial charge in [0.2, 0.25) is 5.82 Å². The van der Waals surface area contributed by atoms with Gasteiger partial charge in [-0.1, -0.05) is 0 Å². The number of piperazine rings is 1. The van der Waals surface area contributed by atoms with Crippen LogP contribution in [0.1, 0.15) is 28.8 Å². The molecule has 4 rings (SSSR count). The third kappa shape index (κ3) is 4.29. The quantitative estimate of drug-likeness (QED) is 0.712. The Labute approximate surface area is 177 Å². The van der Waals surface area contributed by atoms with E-state index >= 15 is 0 Å². The first-order valence-electron chi connectivity index (χ1n) is 9.95. The van der Waals surface area contributed by atoms with Crippen LogP contribution in [0, 0.1) is 5.41 Å². The predicted molar refractivity (Wildman–Crippen MR) is 108 cm³/mol. The Morgan fingerprint density at radius 3 is 2.58 bits per heavy atom. The number of rotatable bonds is 5. The number of alkyl halides is 3. The number of nitrogens with one attached hydrogen (secondary N) is 1. The molecule has 2 saturated heterocycles. The maximum atomic E-state index is 13.2. The van der Waals surface area contributed by atoms with Crippen molar-refractivity contribution in [2.75, 3.05) is 18.0 Å². The van der Waals surface area contributed by atoms with Crippen molar-refractivity contribution in [2.45, 2.75) is 31.1 Å². The van der Waals surface area contributed by atoms with Crippen molar-refractivity contribution in [1.82, 2.24) is 14.9 Å². The third-order valence-corrected chi connectivity index (χ3v) is 5.64. The molecule has 10 heteroatoms. The first-order chi connectivity index (χ1) is 14.9. The van der Waals surface area contributed by atoms with Crippen LogP contribution in [0.25, 0.3) is 0 Å². The number of amides is 1. The number of allylic oxidation sites excluding steroid dienone is 1. The van der Waals surface area contributed by atoms with Crippen molar-refractivity contribution in [2.24, 2.45) is 0 Å². The Morgan fingerprint density at radius 2 is 1.90 bits per heavy atom. The molecule has 31 heavy (non-hydrogen) atoms. The second kappa shape index (κ2) is 8.46. The minimum atomic E-state index is -4.42. The van der Waals surface area contributed by atoms with Gasteiger partial charge >= 0.3 is 6.18 Å². The molecule has 2 aromatic heterocycles. The molecule has 1 amide bonds. The highest BCUT2D eigenvalue weighted by Crippen LogP contribution is 2.37. The highest BCUT2D eigenvalue weighted by atomic mass is 19.4. The van der Waals surface area contributed by atoms with Crippen LogP contribution in [-0.2, 0) is 6.18 Å². The van der Waals surface area contributed by atoms with E-state index in [-0.39, 0.29) is 18.0 Å². The summed E-state index contributed by atoms with van der Waals surface area (Å²) >= 11 is 0. The number of aromatic nitrogens is 2. The molecule has 2 bridgehead atoms. The van der Waals surface area contributed by atoms with Crippen molar-refractivity contribution >= 4 is 23.8 Å². The van der Waals surface area contributed by atoms with Gasteiger partial charge in [0, 0.05) is 49.9 Å². The van der Waals surface area contributed by atoms with Crippen LogP contribution in [0.4, 0.5) is 24.8 Å². The highest BCUT2D eigenvalue weighted by Gasteiger charge is 2.43. The summed E-state index contributed by atoms with van der Waals surface area (Å²) < 4.78 is 39.4. The van der Waals surface area contributed by atoms with Crippen molar-refractivity contribution in [3.63, 3.8) is 0 Å². The molecule has 2 aromatic rings. The Balaban J connectivity index is 1.53. The number of hydrogen-bond donors (Lipinski definition) is 2. The molecule has 0 radical (unpaired) electrons. The topological polar surface area (TPSA) is 89.8 Å². The van der Waals surface area contributed by atoms with Gasteiger partial charge < -0.3 is 15.2 Å². The van der Waals surface area contributed by atoms with Crippen LogP contribution in [0.15, 0.2) is 48.9 Å². The van der Waals surface area contributed by atoms with Gasteiger partial charge in [0.15, 0.2) is 0 Å². The number of hydrogen-bond acceptors (Lipinski definition) is 5. The van der Waals surface area contributed by atoms with E-state index in [0.717, 1.165) is 31.2 Å². The molecule has 0 aliphatic carbocycles. The van der Waals surface area contributed by atoms with Crippen LogP contribution < -0.4 is 10.2 Å². The number of carbonyl (C=O) groups is 1. The molecule has 2 unspecified atom stereocenters. The van der Waals surface area contributed by atoms with Gasteiger partial charge in [0.25, 0.3) is 5.91 Å². The Morgan fingerprint density at radius 1 is 1.16 bits per heavy atom. The summed E-state index contributed by atoms with van der Waals surface area (Å²) in [4.78, 5) is 25.3. The van der Waals surface area contributed by atoms with E-state index in [0.29, 0.717) is 30.3 Å². The number of nitrogens with two attached hydrogens (primary N) is 1. The summed E-state index contributed by atoms with van der Waals surface area (Å²) in [6.07, 6.45) is 4.27. The zero-order valence-electron chi connectivity index (χ0n) is 16.6. The summed E-state index contributed by atoms with van der Waals surface area (Å²) in [6, 6.07) is 5.30. The van der Waals surface area contributed by atoms with Gasteiger partial charge in [-0.3, -0.25) is 10.1 Å². The summed E-state index contributed by atoms with van der Waals surface area (Å²) in [5.41, 5.74) is -0.258. The van der Waals surface area contributed by atoms with Gasteiger partial charge in [0.05, 0.1) is 5.56 Å². The van der Waals surface area contributed by atoms with Crippen LogP contribution in [0.2, 0.25) is 0 Å². The Bertz CT molecular complexity index is 995. The van der Waals surface area contributed by atoms with Crippen molar-refractivity contribution in [3.05, 3.63) is 60.1 Å². The largest absolute Gasteiger partial charge is 0.416 e. The van der Waals surface area contributed by atoms with Gasteiger partial charge in [-0.05, 0) is 37.1 Å². The lowest BCUT2D eigenvalue weighted by Gasteiger charge is -2.41. The molecule has 3 N–H and O–H groups in total. The molecular weight excluding hydrogens is 409 g/mol. The molecule has 2 aliphatic rings. The lowest BCUT2D eigenvalue weighted by Crippen LogP contribution is -2.72. The highest BCUT2D eigenvalue weighted by molar-refractivity contribution is 5.97. The average Bonchev–Trinajstić information content (AvgIpc) is 3.02. The first kappa shape index (κ1) is 21.0. The Hall–Kier alpha value is -3.27. The van der Waals surface area contributed by atoms with Crippen LogP contribution >= 0.6 is 0 Å². The number of carbonyl (C=O) groups excluding carboxylic acids is 1. The van der Waals surface area contributed by atoms with E-state index in [1.54, 1.807) is 34.7 Å². The predicted octanol–water partition coefficient (Wildman–Crippen LogP) is 2.35. The van der Waals surface area contributed by atoms with Gasteiger partial charge in [-0.25, -0.2) is 9.97 Å². The minimum Gasteiger partial charge on any atom is -0.347 e. The Kier molecular flexibility index (Phi) is 5.73. The monoisotopic (exact) mass is 431 g/mol. The van der Waals surface area contributed by atoms with Crippen molar-refractivity contribution in [3.8, 4) is 0 Å². The fraction of sp³-hybridized carbons (Fsp3) is 0.333. The average molecular weight is 431 g/mol. The van der Waals surface area contributed by atoms with E-state index in [1.807, 2.05) is 4.90 Å². The third-order valence-electron chi connectivity index (χ3n) is 5.64. The molecule has 2 fully saturated rings. The second-order valence-corrected chi connectivity index (χ2v) is 7.56. The molecule has 2 atom stereocenters. The van der Waals surface area contributed by atoms with Crippen LogP contribution in [-0.4, -0.2) is 52.2 Å². The normalized spacial score (nSPS) is 21.0. The molecule has 7 nitrogen and oxygen atoms in total. The SMILES string of the molecule is N=CC=C[NH2+]c1ncccc1C(=O)N1CC2CCC(C1)N2c1cc(C(F)(F)F)ccn1. The molecule has 0 saturated carbocycles. The molecule has 0 spiro atoms. The molecular formula is C21H22F3N6O+. The molecule has 162 valence electrons. The lowest BCUT2D eigenvalue weighted by atomic mass is 10.1. The number of likely N-dealkylation sites (tertiary alicyclic amines) is 1. The number of nitrogens with zero attached hydrogens (tertiary/aromatic N) is 4.